The van der Waals surface area contributed by atoms with Crippen LogP contribution in [0.5, 0.6) is 5.75 Å². The summed E-state index contributed by atoms with van der Waals surface area (Å²) in [7, 11) is 1.61. The first-order chi connectivity index (χ1) is 11.5. The number of nitrogens with zero attached hydrogens (tertiary/aromatic N) is 3. The van der Waals surface area contributed by atoms with Gasteiger partial charge in [-0.15, -0.1) is 0 Å². The van der Waals surface area contributed by atoms with Crippen molar-refractivity contribution in [2.45, 2.75) is 18.9 Å². The average Bonchev–Trinajstić information content (AvgIpc) is 3.02. The van der Waals surface area contributed by atoms with Crippen LogP contribution < -0.4 is 4.74 Å². The molecular formula is C17H21N3O4. The molecule has 1 aliphatic rings. The fourth-order valence-electron chi connectivity index (χ4n) is 2.92. The van der Waals surface area contributed by atoms with Gasteiger partial charge in [0.2, 0.25) is 0 Å². The van der Waals surface area contributed by atoms with Crippen LogP contribution in [-0.4, -0.2) is 63.2 Å². The van der Waals surface area contributed by atoms with Crippen molar-refractivity contribution < 1.29 is 19.7 Å². The average molecular weight is 331 g/mol. The summed E-state index contributed by atoms with van der Waals surface area (Å²) in [6, 6.07) is 7.45. The van der Waals surface area contributed by atoms with E-state index in [0.29, 0.717) is 12.0 Å². The van der Waals surface area contributed by atoms with E-state index in [9.17, 15) is 9.90 Å². The highest BCUT2D eigenvalue weighted by molar-refractivity contribution is 5.96. The molecule has 2 aromatic rings. The molecule has 1 amide bonds. The summed E-state index contributed by atoms with van der Waals surface area (Å²) in [5.41, 5.74) is 1.01. The second-order valence-corrected chi connectivity index (χ2v) is 6.01. The Hall–Kier alpha value is -2.38. The lowest BCUT2D eigenvalue weighted by atomic mass is 9.94. The monoisotopic (exact) mass is 331 g/mol. The first kappa shape index (κ1) is 16.5. The van der Waals surface area contributed by atoms with Crippen LogP contribution in [0.2, 0.25) is 0 Å². The fraction of sp³-hybridized carbons (Fsp3) is 0.412. The number of benzene rings is 1. The molecule has 1 fully saturated rings. The van der Waals surface area contributed by atoms with Gasteiger partial charge < -0.3 is 19.8 Å². The summed E-state index contributed by atoms with van der Waals surface area (Å²) in [5.74, 6) is 0.578. The molecule has 0 spiro atoms. The smallest absolute Gasteiger partial charge is 0.257 e. The summed E-state index contributed by atoms with van der Waals surface area (Å²) < 4.78 is 6.90. The molecule has 2 heterocycles. The molecule has 1 saturated heterocycles. The molecular weight excluding hydrogens is 310 g/mol. The van der Waals surface area contributed by atoms with Crippen LogP contribution in [0.3, 0.4) is 0 Å². The van der Waals surface area contributed by atoms with Gasteiger partial charge in [-0.3, -0.25) is 4.79 Å². The second-order valence-electron chi connectivity index (χ2n) is 6.01. The number of rotatable bonds is 5. The van der Waals surface area contributed by atoms with E-state index in [4.69, 9.17) is 9.84 Å². The van der Waals surface area contributed by atoms with E-state index in [-0.39, 0.29) is 25.6 Å². The van der Waals surface area contributed by atoms with Gasteiger partial charge in [0.15, 0.2) is 0 Å². The number of aliphatic hydroxyl groups is 2. The summed E-state index contributed by atoms with van der Waals surface area (Å²) in [5, 5.41) is 23.3. The van der Waals surface area contributed by atoms with E-state index in [1.54, 1.807) is 18.0 Å². The van der Waals surface area contributed by atoms with Crippen LogP contribution >= 0.6 is 0 Å². The van der Waals surface area contributed by atoms with Gasteiger partial charge in [0.1, 0.15) is 11.4 Å². The van der Waals surface area contributed by atoms with Gasteiger partial charge in [0, 0.05) is 0 Å². The Labute approximate surface area is 140 Å². The summed E-state index contributed by atoms with van der Waals surface area (Å²) in [6.07, 6.45) is 2.20. The first-order valence-electron chi connectivity index (χ1n) is 7.85. The van der Waals surface area contributed by atoms with Gasteiger partial charge in [-0.2, -0.15) is 5.10 Å². The molecule has 0 bridgehead atoms. The van der Waals surface area contributed by atoms with Crippen molar-refractivity contribution in [1.82, 2.24) is 14.7 Å². The molecule has 0 aliphatic carbocycles. The van der Waals surface area contributed by atoms with E-state index < -0.39 is 5.60 Å². The van der Waals surface area contributed by atoms with Crippen molar-refractivity contribution in [3.63, 3.8) is 0 Å². The number of carbonyl (C=O) groups is 1. The van der Waals surface area contributed by atoms with Crippen LogP contribution in [0.25, 0.3) is 5.69 Å². The Kier molecular flexibility index (Phi) is 4.29. The lowest BCUT2D eigenvalue weighted by molar-refractivity contribution is -0.109. The third-order valence-electron chi connectivity index (χ3n) is 4.30. The molecule has 0 unspecified atom stereocenters. The predicted molar refractivity (Wildman–Crippen MR) is 87.4 cm³/mol. The van der Waals surface area contributed by atoms with Crippen molar-refractivity contribution in [2.75, 3.05) is 26.8 Å². The molecule has 0 saturated carbocycles. The molecule has 7 heteroatoms. The molecule has 24 heavy (non-hydrogen) atoms. The lowest BCUT2D eigenvalue weighted by Gasteiger charge is -2.45. The quantitative estimate of drug-likeness (QED) is 0.839. The number of carbonyl (C=O) groups excluding carboxylic acids is 1. The number of aromatic nitrogens is 2. The van der Waals surface area contributed by atoms with Crippen molar-refractivity contribution >= 4 is 5.91 Å². The number of hydrogen-bond donors (Lipinski definition) is 2. The number of likely N-dealkylation sites (tertiary alicyclic amines) is 1. The van der Waals surface area contributed by atoms with Crippen molar-refractivity contribution in [3.05, 3.63) is 41.7 Å². The standard InChI is InChI=1S/C17H21N3O4/c1-3-15-14(16(22)19-9-17(23,10-19)11-21)8-18-20(15)12-4-6-13(24-2)7-5-12/h4-8,21,23H,3,9-11H2,1-2H3. The van der Waals surface area contributed by atoms with Gasteiger partial charge in [0.25, 0.3) is 5.91 Å². The highest BCUT2D eigenvalue weighted by Gasteiger charge is 2.44. The molecule has 0 atom stereocenters. The summed E-state index contributed by atoms with van der Waals surface area (Å²) in [4.78, 5) is 14.1. The minimum Gasteiger partial charge on any atom is -0.497 e. The molecule has 1 aromatic heterocycles. The van der Waals surface area contributed by atoms with Crippen LogP contribution in [0.4, 0.5) is 0 Å². The number of ether oxygens (including phenoxy) is 1. The Morgan fingerprint density at radius 2 is 2.00 bits per heavy atom. The van der Waals surface area contributed by atoms with E-state index in [1.807, 2.05) is 31.2 Å². The third kappa shape index (κ3) is 2.76. The van der Waals surface area contributed by atoms with E-state index in [2.05, 4.69) is 5.10 Å². The largest absolute Gasteiger partial charge is 0.497 e. The number of amides is 1. The van der Waals surface area contributed by atoms with Gasteiger partial charge in [-0.1, -0.05) is 6.92 Å². The maximum atomic E-state index is 12.6. The van der Waals surface area contributed by atoms with Crippen LogP contribution in [-0.2, 0) is 6.42 Å². The second kappa shape index (κ2) is 6.26. The Balaban J connectivity index is 1.85. The summed E-state index contributed by atoms with van der Waals surface area (Å²) >= 11 is 0. The molecule has 3 rings (SSSR count). The summed E-state index contributed by atoms with van der Waals surface area (Å²) in [6.45, 7) is 1.90. The zero-order valence-corrected chi connectivity index (χ0v) is 13.8. The lowest BCUT2D eigenvalue weighted by Crippen LogP contribution is -2.65. The minimum atomic E-state index is -1.17. The SMILES string of the molecule is CCc1c(C(=O)N2CC(O)(CO)C2)cnn1-c1ccc(OC)cc1. The zero-order valence-electron chi connectivity index (χ0n) is 13.8. The van der Waals surface area contributed by atoms with E-state index >= 15 is 0 Å². The number of β-amino-alcohol motifs (C(OH)–C–C–N with tert-alkyl or cyclic N) is 1. The third-order valence-corrected chi connectivity index (χ3v) is 4.30. The van der Waals surface area contributed by atoms with Crippen molar-refractivity contribution in [3.8, 4) is 11.4 Å². The molecule has 7 nitrogen and oxygen atoms in total. The Morgan fingerprint density at radius 3 is 2.54 bits per heavy atom. The maximum absolute atomic E-state index is 12.6. The van der Waals surface area contributed by atoms with Crippen molar-refractivity contribution in [1.29, 1.82) is 0 Å². The van der Waals surface area contributed by atoms with Gasteiger partial charge >= 0.3 is 0 Å². The minimum absolute atomic E-state index is 0.138. The van der Waals surface area contributed by atoms with Crippen molar-refractivity contribution in [2.24, 2.45) is 0 Å². The van der Waals surface area contributed by atoms with Gasteiger partial charge in [0.05, 0.1) is 49.9 Å². The topological polar surface area (TPSA) is 87.8 Å². The highest BCUT2D eigenvalue weighted by Crippen LogP contribution is 2.25. The first-order valence-corrected chi connectivity index (χ1v) is 7.85. The molecule has 0 radical (unpaired) electrons. The maximum Gasteiger partial charge on any atom is 0.257 e. The van der Waals surface area contributed by atoms with Gasteiger partial charge in [-0.25, -0.2) is 4.68 Å². The Morgan fingerprint density at radius 1 is 1.33 bits per heavy atom. The molecule has 1 aliphatic heterocycles. The Bertz CT molecular complexity index is 733. The van der Waals surface area contributed by atoms with Gasteiger partial charge in [-0.05, 0) is 30.7 Å². The number of methoxy groups -OCH3 is 1. The molecule has 2 N–H and O–H groups in total. The molecule has 128 valence electrons. The van der Waals surface area contributed by atoms with E-state index in [0.717, 1.165) is 17.1 Å². The normalized spacial score (nSPS) is 15.9. The zero-order chi connectivity index (χ0) is 17.3. The van der Waals surface area contributed by atoms with Crippen LogP contribution in [0.15, 0.2) is 30.5 Å². The van der Waals surface area contributed by atoms with Crippen LogP contribution in [0, 0.1) is 0 Å². The number of hydrogen-bond acceptors (Lipinski definition) is 5. The van der Waals surface area contributed by atoms with Crippen LogP contribution in [0.1, 0.15) is 23.0 Å². The predicted octanol–water partition coefficient (Wildman–Crippen LogP) is 0.622. The van der Waals surface area contributed by atoms with E-state index in [1.165, 1.54) is 4.90 Å². The number of aliphatic hydroxyl groups excluding tert-OH is 1. The highest BCUT2D eigenvalue weighted by atomic mass is 16.5. The fourth-order valence-corrected chi connectivity index (χ4v) is 2.92. The molecule has 1 aromatic carbocycles.